The Kier molecular flexibility index (Phi) is 5.60. The summed E-state index contributed by atoms with van der Waals surface area (Å²) < 4.78 is 0. The number of carbonyl (C=O) groups excluding carboxylic acids is 2. The third-order valence-corrected chi connectivity index (χ3v) is 2.52. The van der Waals surface area contributed by atoms with Crippen molar-refractivity contribution in [2.24, 2.45) is 5.73 Å². The van der Waals surface area contributed by atoms with E-state index >= 15 is 0 Å². The van der Waals surface area contributed by atoms with Crippen LogP contribution >= 0.6 is 0 Å². The molecule has 0 atom stereocenters. The number of primary amides is 1. The zero-order valence-corrected chi connectivity index (χ0v) is 11.2. The second-order valence-electron chi connectivity index (χ2n) is 4.17. The summed E-state index contributed by atoms with van der Waals surface area (Å²) in [6.45, 7) is 4.17. The maximum Gasteiger partial charge on any atom is 0.316 e. The van der Waals surface area contributed by atoms with Crippen LogP contribution in [0.4, 0.5) is 10.5 Å². The molecule has 0 aliphatic heterocycles. The predicted octanol–water partition coefficient (Wildman–Crippen LogP) is 2.15. The number of nitrogens with two attached hydrogens (primary N) is 1. The average molecular weight is 261 g/mol. The van der Waals surface area contributed by atoms with Crippen LogP contribution in [0.15, 0.2) is 35.9 Å². The lowest BCUT2D eigenvalue weighted by molar-refractivity contribution is -0.117. The van der Waals surface area contributed by atoms with Crippen molar-refractivity contribution in [3.63, 3.8) is 0 Å². The monoisotopic (exact) mass is 261 g/mol. The van der Waals surface area contributed by atoms with Gasteiger partial charge in [-0.3, -0.25) is 4.79 Å². The van der Waals surface area contributed by atoms with Gasteiger partial charge in [0.2, 0.25) is 5.91 Å². The van der Waals surface area contributed by atoms with Crippen LogP contribution in [0.1, 0.15) is 25.8 Å². The van der Waals surface area contributed by atoms with Gasteiger partial charge in [0.25, 0.3) is 0 Å². The second-order valence-corrected chi connectivity index (χ2v) is 4.17. The molecule has 0 fully saturated rings. The van der Waals surface area contributed by atoms with Gasteiger partial charge in [0.05, 0.1) is 0 Å². The van der Waals surface area contributed by atoms with Crippen LogP contribution in [0.2, 0.25) is 0 Å². The molecule has 0 aliphatic carbocycles. The fourth-order valence-corrected chi connectivity index (χ4v) is 1.62. The maximum absolute atomic E-state index is 11.7. The van der Waals surface area contributed by atoms with Gasteiger partial charge in [0.1, 0.15) is 0 Å². The number of hydrogen-bond donors (Lipinski definition) is 3. The van der Waals surface area contributed by atoms with E-state index in [2.05, 4.69) is 10.6 Å². The quantitative estimate of drug-likeness (QED) is 0.709. The number of benzene rings is 1. The van der Waals surface area contributed by atoms with Crippen molar-refractivity contribution in [3.05, 3.63) is 41.5 Å². The highest BCUT2D eigenvalue weighted by Crippen LogP contribution is 2.10. The lowest BCUT2D eigenvalue weighted by atomic mass is 10.2. The summed E-state index contributed by atoms with van der Waals surface area (Å²) in [6.07, 6.45) is 2.71. The van der Waals surface area contributed by atoms with Crippen molar-refractivity contribution in [1.29, 1.82) is 0 Å². The molecule has 0 heterocycles. The lowest BCUT2D eigenvalue weighted by Crippen LogP contribution is -2.23. The highest BCUT2D eigenvalue weighted by molar-refractivity contribution is 5.92. The Morgan fingerprint density at radius 1 is 1.37 bits per heavy atom. The zero-order chi connectivity index (χ0) is 14.3. The molecule has 0 bridgehead atoms. The largest absolute Gasteiger partial charge is 0.351 e. The number of anilines is 1. The van der Waals surface area contributed by atoms with E-state index in [1.165, 1.54) is 0 Å². The Labute approximate surface area is 112 Å². The smallest absolute Gasteiger partial charge is 0.316 e. The van der Waals surface area contributed by atoms with E-state index < -0.39 is 6.03 Å². The van der Waals surface area contributed by atoms with Gasteiger partial charge in [-0.25, -0.2) is 4.79 Å². The van der Waals surface area contributed by atoms with E-state index in [0.29, 0.717) is 17.8 Å². The molecule has 0 unspecified atom stereocenters. The van der Waals surface area contributed by atoms with Gasteiger partial charge < -0.3 is 16.4 Å². The van der Waals surface area contributed by atoms with Crippen LogP contribution in [0.5, 0.6) is 0 Å². The fraction of sp³-hybridized carbons (Fsp3) is 0.286. The molecule has 1 aromatic carbocycles. The molecule has 1 rings (SSSR count). The molecule has 0 saturated carbocycles. The van der Waals surface area contributed by atoms with E-state index in [-0.39, 0.29) is 5.91 Å². The number of amides is 3. The van der Waals surface area contributed by atoms with Gasteiger partial charge in [-0.05, 0) is 31.0 Å². The molecule has 4 N–H and O–H groups in total. The van der Waals surface area contributed by atoms with Gasteiger partial charge in [-0.2, -0.15) is 0 Å². The normalized spacial score (nSPS) is 10.9. The fourth-order valence-electron chi connectivity index (χ4n) is 1.62. The molecule has 0 aliphatic rings. The van der Waals surface area contributed by atoms with Gasteiger partial charge in [-0.1, -0.05) is 25.1 Å². The highest BCUT2D eigenvalue weighted by atomic mass is 16.2. The first kappa shape index (κ1) is 14.8. The molecular formula is C14H19N3O2. The van der Waals surface area contributed by atoms with E-state index in [1.807, 2.05) is 19.1 Å². The second kappa shape index (κ2) is 7.20. The number of rotatable bonds is 5. The molecule has 0 spiro atoms. The summed E-state index contributed by atoms with van der Waals surface area (Å²) in [7, 11) is 0. The summed E-state index contributed by atoms with van der Waals surface area (Å²) >= 11 is 0. The molecule has 3 amide bonds. The van der Waals surface area contributed by atoms with Crippen molar-refractivity contribution in [2.45, 2.75) is 26.8 Å². The van der Waals surface area contributed by atoms with Crippen LogP contribution in [0.25, 0.3) is 0 Å². The van der Waals surface area contributed by atoms with Crippen LogP contribution in [0.3, 0.4) is 0 Å². The Bertz CT molecular complexity index is 495. The lowest BCUT2D eigenvalue weighted by Gasteiger charge is -2.07. The standard InChI is InChI=1S/C14H19N3O2/c1-3-5-10(2)13(18)16-9-11-6-4-7-12(8-11)17-14(15)19/h4-8H,3,9H2,1-2H3,(H,16,18)(H3,15,17,19). The molecule has 5 heteroatoms. The Balaban J connectivity index is 2.60. The third kappa shape index (κ3) is 5.25. The van der Waals surface area contributed by atoms with Crippen LogP contribution in [-0.4, -0.2) is 11.9 Å². The minimum atomic E-state index is -0.608. The summed E-state index contributed by atoms with van der Waals surface area (Å²) in [5, 5.41) is 5.30. The number of carbonyl (C=O) groups is 2. The third-order valence-electron chi connectivity index (χ3n) is 2.52. The van der Waals surface area contributed by atoms with Gasteiger partial charge in [0, 0.05) is 17.8 Å². The minimum Gasteiger partial charge on any atom is -0.351 e. The Morgan fingerprint density at radius 3 is 2.74 bits per heavy atom. The molecule has 102 valence electrons. The molecule has 0 aromatic heterocycles. The Hall–Kier alpha value is -2.30. The maximum atomic E-state index is 11.7. The highest BCUT2D eigenvalue weighted by Gasteiger charge is 2.03. The topological polar surface area (TPSA) is 84.2 Å². The van der Waals surface area contributed by atoms with E-state index in [4.69, 9.17) is 5.73 Å². The molecule has 0 saturated heterocycles. The average Bonchev–Trinajstić information content (AvgIpc) is 2.36. The minimum absolute atomic E-state index is 0.0879. The van der Waals surface area contributed by atoms with E-state index in [0.717, 1.165) is 12.0 Å². The number of allylic oxidation sites excluding steroid dienone is 1. The summed E-state index contributed by atoms with van der Waals surface area (Å²) in [5.74, 6) is -0.0879. The van der Waals surface area contributed by atoms with Crippen molar-refractivity contribution in [1.82, 2.24) is 5.32 Å². The van der Waals surface area contributed by atoms with Crippen molar-refractivity contribution >= 4 is 17.6 Å². The number of hydrogen-bond acceptors (Lipinski definition) is 2. The molecule has 19 heavy (non-hydrogen) atoms. The van der Waals surface area contributed by atoms with Crippen molar-refractivity contribution in [2.75, 3.05) is 5.32 Å². The van der Waals surface area contributed by atoms with Crippen molar-refractivity contribution in [3.8, 4) is 0 Å². The zero-order valence-electron chi connectivity index (χ0n) is 11.2. The van der Waals surface area contributed by atoms with Crippen LogP contribution in [0, 0.1) is 0 Å². The van der Waals surface area contributed by atoms with Gasteiger partial charge in [-0.15, -0.1) is 0 Å². The number of urea groups is 1. The van der Waals surface area contributed by atoms with Gasteiger partial charge in [0.15, 0.2) is 0 Å². The molecule has 5 nitrogen and oxygen atoms in total. The van der Waals surface area contributed by atoms with E-state index in [9.17, 15) is 9.59 Å². The first-order valence-corrected chi connectivity index (χ1v) is 6.13. The first-order chi connectivity index (χ1) is 9.02. The summed E-state index contributed by atoms with van der Waals surface area (Å²) in [4.78, 5) is 22.4. The summed E-state index contributed by atoms with van der Waals surface area (Å²) in [5.41, 5.74) is 7.25. The van der Waals surface area contributed by atoms with E-state index in [1.54, 1.807) is 25.1 Å². The van der Waals surface area contributed by atoms with Gasteiger partial charge >= 0.3 is 6.03 Å². The molecule has 0 radical (unpaired) electrons. The molecule has 1 aromatic rings. The Morgan fingerprint density at radius 2 is 2.11 bits per heavy atom. The predicted molar refractivity (Wildman–Crippen MR) is 75.5 cm³/mol. The van der Waals surface area contributed by atoms with Crippen molar-refractivity contribution < 1.29 is 9.59 Å². The van der Waals surface area contributed by atoms with Crippen LogP contribution in [-0.2, 0) is 11.3 Å². The molecular weight excluding hydrogens is 242 g/mol. The SMILES string of the molecule is CCC=C(C)C(=O)NCc1cccc(NC(N)=O)c1. The summed E-state index contributed by atoms with van der Waals surface area (Å²) in [6, 6.07) is 6.55. The van der Waals surface area contributed by atoms with Crippen LogP contribution < -0.4 is 16.4 Å². The first-order valence-electron chi connectivity index (χ1n) is 6.13. The number of nitrogens with one attached hydrogen (secondary N) is 2.